The van der Waals surface area contributed by atoms with E-state index in [1.54, 1.807) is 0 Å². The topological polar surface area (TPSA) is 6.48 Å². The van der Waals surface area contributed by atoms with Crippen LogP contribution in [0.3, 0.4) is 0 Å². The molecule has 0 saturated heterocycles. The molecule has 0 amide bonds. The van der Waals surface area contributed by atoms with Gasteiger partial charge in [0.1, 0.15) is 0 Å². The Hall–Kier alpha value is -8.02. The first-order valence-electron chi connectivity index (χ1n) is 24.3. The number of rotatable bonds is 6. The van der Waals surface area contributed by atoms with Crippen molar-refractivity contribution >= 4 is 70.6 Å². The van der Waals surface area contributed by atoms with Crippen molar-refractivity contribution in [2.75, 3.05) is 23.9 Å². The van der Waals surface area contributed by atoms with Gasteiger partial charge in [0.15, 0.2) is 0 Å². The van der Waals surface area contributed by atoms with Gasteiger partial charge in [-0.1, -0.05) is 206 Å². The third-order valence-electron chi connectivity index (χ3n) is 15.1. The Morgan fingerprint density at radius 3 is 1.11 bits per heavy atom. The summed E-state index contributed by atoms with van der Waals surface area (Å²) in [5, 5.41) is 0. The summed E-state index contributed by atoms with van der Waals surface area (Å²) in [6, 6.07) is 81.3. The zero-order valence-electron chi connectivity index (χ0n) is 39.3. The van der Waals surface area contributed by atoms with Crippen LogP contribution < -0.4 is 9.80 Å². The monoisotopic (exact) mass is 942 g/mol. The van der Waals surface area contributed by atoms with Crippen LogP contribution in [0.15, 0.2) is 238 Å². The lowest BCUT2D eigenvalue weighted by Gasteiger charge is -2.30. The Morgan fingerprint density at radius 1 is 0.296 bits per heavy atom. The predicted octanol–water partition coefficient (Wildman–Crippen LogP) is 18.2. The summed E-state index contributed by atoms with van der Waals surface area (Å²) < 4.78 is 0. The summed E-state index contributed by atoms with van der Waals surface area (Å²) in [7, 11) is 4.34. The molecule has 1 spiro atoms. The van der Waals surface area contributed by atoms with Crippen LogP contribution in [0.5, 0.6) is 0 Å². The zero-order chi connectivity index (χ0) is 47.2. The molecular weight excluding hydrogens is 897 g/mol. The fourth-order valence-corrected chi connectivity index (χ4v) is 13.8. The molecule has 4 heteroatoms. The minimum Gasteiger partial charge on any atom is -0.343 e. The summed E-state index contributed by atoms with van der Waals surface area (Å²) >= 11 is 3.70. The van der Waals surface area contributed by atoms with Crippen LogP contribution in [0, 0.1) is 0 Å². The largest absolute Gasteiger partial charge is 0.343 e. The van der Waals surface area contributed by atoms with Gasteiger partial charge >= 0.3 is 0 Å². The molecule has 4 aliphatic rings. The van der Waals surface area contributed by atoms with Gasteiger partial charge in [0.2, 0.25) is 0 Å². The van der Waals surface area contributed by atoms with Gasteiger partial charge < -0.3 is 9.80 Å². The van der Waals surface area contributed by atoms with Crippen LogP contribution in [0.1, 0.15) is 44.5 Å². The molecule has 10 aromatic rings. The summed E-state index contributed by atoms with van der Waals surface area (Å²) in [5.74, 6) is 0. The zero-order valence-corrected chi connectivity index (χ0v) is 40.9. The van der Waals surface area contributed by atoms with Crippen molar-refractivity contribution < 1.29 is 0 Å². The highest BCUT2D eigenvalue weighted by Crippen LogP contribution is 2.63. The van der Waals surface area contributed by atoms with Gasteiger partial charge in [-0.25, -0.2) is 0 Å². The Bertz CT molecular complexity index is 3610. The molecule has 2 heterocycles. The molecule has 0 bridgehead atoms. The Balaban J connectivity index is 0.767. The van der Waals surface area contributed by atoms with Gasteiger partial charge in [-0.05, 0) is 150 Å². The molecular formula is C67H46N2S2. The minimum absolute atomic E-state index is 0.443. The third-order valence-corrected chi connectivity index (χ3v) is 17.4. The number of fused-ring (bicyclic) bond motifs is 14. The summed E-state index contributed by atoms with van der Waals surface area (Å²) in [6.45, 7) is 0. The van der Waals surface area contributed by atoms with E-state index in [1.807, 2.05) is 23.5 Å². The van der Waals surface area contributed by atoms with Crippen LogP contribution in [-0.4, -0.2) is 14.1 Å². The van der Waals surface area contributed by atoms with E-state index in [-0.39, 0.29) is 0 Å². The number of hydrogen-bond acceptors (Lipinski definition) is 4. The van der Waals surface area contributed by atoms with E-state index in [9.17, 15) is 0 Å². The lowest BCUT2D eigenvalue weighted by Crippen LogP contribution is -2.26. The van der Waals surface area contributed by atoms with Gasteiger partial charge in [-0.15, -0.1) is 0 Å². The molecule has 2 aliphatic heterocycles. The molecule has 0 aromatic heterocycles. The standard InChI is InChI=1S/C67H46N2S2/c1-68-59-15-7-9-17-63(59)70-65-37-33-49(41-61(65)68)47-29-23-43(24-30-47)19-21-45-27-35-53-54-36-28-46(40-58(54)67(57(53)39-45)55-13-5-3-11-51(55)52-12-4-6-14-56(52)67)22-20-44-25-31-48(32-26-44)50-34-38-66-62(42-50)69(2)60-16-8-10-18-64(60)71-66/h3-42H,1-2H3/b21-19+,22-20+. The lowest BCUT2D eigenvalue weighted by molar-refractivity contribution is 0.793. The molecule has 2 nitrogen and oxygen atoms in total. The van der Waals surface area contributed by atoms with Crippen molar-refractivity contribution in [2.45, 2.75) is 25.0 Å². The van der Waals surface area contributed by atoms with Crippen molar-refractivity contribution in [3.8, 4) is 44.5 Å². The van der Waals surface area contributed by atoms with Crippen LogP contribution in [0.4, 0.5) is 22.7 Å². The molecule has 2 aliphatic carbocycles. The van der Waals surface area contributed by atoms with Crippen molar-refractivity contribution in [3.05, 3.63) is 263 Å². The fraction of sp³-hybridized carbons (Fsp3) is 0.0448. The molecule has 0 saturated carbocycles. The minimum atomic E-state index is -0.443. The van der Waals surface area contributed by atoms with Crippen LogP contribution in [-0.2, 0) is 5.41 Å². The molecule has 0 N–H and O–H groups in total. The van der Waals surface area contributed by atoms with E-state index in [4.69, 9.17) is 0 Å². The van der Waals surface area contributed by atoms with Crippen LogP contribution >= 0.6 is 23.5 Å². The molecule has 14 rings (SSSR count). The first-order valence-corrected chi connectivity index (χ1v) is 26.0. The van der Waals surface area contributed by atoms with E-state index < -0.39 is 5.41 Å². The first-order chi connectivity index (χ1) is 35.0. The van der Waals surface area contributed by atoms with E-state index >= 15 is 0 Å². The molecule has 0 fully saturated rings. The highest BCUT2D eigenvalue weighted by atomic mass is 32.2. The quantitative estimate of drug-likeness (QED) is 0.153. The van der Waals surface area contributed by atoms with Gasteiger partial charge in [-0.3, -0.25) is 0 Å². The summed E-state index contributed by atoms with van der Waals surface area (Å²) in [6.07, 6.45) is 9.07. The maximum Gasteiger partial charge on any atom is 0.0725 e. The number of para-hydroxylation sites is 2. The average Bonchev–Trinajstić information content (AvgIpc) is 3.90. The van der Waals surface area contributed by atoms with Gasteiger partial charge in [0, 0.05) is 33.7 Å². The van der Waals surface area contributed by atoms with Crippen molar-refractivity contribution in [3.63, 3.8) is 0 Å². The van der Waals surface area contributed by atoms with Gasteiger partial charge in [0.05, 0.1) is 28.2 Å². The highest BCUT2D eigenvalue weighted by molar-refractivity contribution is 8.00. The normalized spacial score (nSPS) is 14.2. The fourth-order valence-electron chi connectivity index (χ4n) is 11.6. The smallest absolute Gasteiger partial charge is 0.0725 e. The number of nitrogens with zero attached hydrogens (tertiary/aromatic N) is 2. The van der Waals surface area contributed by atoms with E-state index in [0.29, 0.717) is 0 Å². The number of anilines is 4. The van der Waals surface area contributed by atoms with Crippen molar-refractivity contribution in [2.24, 2.45) is 0 Å². The summed E-state index contributed by atoms with van der Waals surface area (Å²) in [4.78, 5) is 9.80. The molecule has 0 atom stereocenters. The van der Waals surface area contributed by atoms with Crippen molar-refractivity contribution in [1.29, 1.82) is 0 Å². The number of hydrogen-bond donors (Lipinski definition) is 0. The predicted molar refractivity (Wildman–Crippen MR) is 302 cm³/mol. The molecule has 0 radical (unpaired) electrons. The first kappa shape index (κ1) is 41.9. The second-order valence-electron chi connectivity index (χ2n) is 19.0. The average molecular weight is 943 g/mol. The highest BCUT2D eigenvalue weighted by Gasteiger charge is 2.51. The SMILES string of the molecule is CN1c2ccccc2Sc2ccc(-c3ccc(/C=C/c4ccc5c(c4)C4(c6ccccc6-c6ccccc64)c4cc(/C=C/c6ccc(-c7ccc8c(c7)N(C)c7ccccc7S8)cc6)ccc4-5)cc3)cc21. The van der Waals surface area contributed by atoms with Gasteiger partial charge in [-0.2, -0.15) is 0 Å². The molecule has 10 aromatic carbocycles. The Kier molecular flexibility index (Phi) is 9.77. The third kappa shape index (κ3) is 6.73. The van der Waals surface area contributed by atoms with Crippen molar-refractivity contribution in [1.82, 2.24) is 0 Å². The van der Waals surface area contributed by atoms with Crippen LogP contribution in [0.25, 0.3) is 68.8 Å². The van der Waals surface area contributed by atoms with Gasteiger partial charge in [0.25, 0.3) is 0 Å². The molecule has 71 heavy (non-hydrogen) atoms. The maximum atomic E-state index is 2.45. The summed E-state index contributed by atoms with van der Waals surface area (Å²) in [5.41, 5.74) is 24.7. The van der Waals surface area contributed by atoms with Crippen LogP contribution in [0.2, 0.25) is 0 Å². The Morgan fingerprint density at radius 2 is 0.648 bits per heavy atom. The number of benzene rings is 10. The van der Waals surface area contributed by atoms with E-state index in [0.717, 1.165) is 0 Å². The molecule has 336 valence electrons. The molecule has 0 unspecified atom stereocenters. The maximum absolute atomic E-state index is 2.45. The second-order valence-corrected chi connectivity index (χ2v) is 21.2. The van der Waals surface area contributed by atoms with E-state index in [2.05, 4.69) is 267 Å². The van der Waals surface area contributed by atoms with E-state index in [1.165, 1.54) is 131 Å². The Labute approximate surface area is 424 Å². The second kappa shape index (κ2) is 16.6. The lowest BCUT2D eigenvalue weighted by atomic mass is 9.70.